The molecule has 116 valence electrons. The summed E-state index contributed by atoms with van der Waals surface area (Å²) in [7, 11) is -2.99. The third kappa shape index (κ3) is 4.47. The fourth-order valence-electron chi connectivity index (χ4n) is 3.36. The van der Waals surface area contributed by atoms with Crippen LogP contribution in [0.25, 0.3) is 0 Å². The Hall–Kier alpha value is -0.580. The highest BCUT2D eigenvalue weighted by Crippen LogP contribution is 2.50. The molecular formula is C15H27NO3S. The topological polar surface area (TPSA) is 54.5 Å². The lowest BCUT2D eigenvalue weighted by Crippen LogP contribution is -2.34. The van der Waals surface area contributed by atoms with Gasteiger partial charge in [0.05, 0.1) is 5.75 Å². The molecule has 1 saturated heterocycles. The van der Waals surface area contributed by atoms with Gasteiger partial charge in [0.2, 0.25) is 5.91 Å². The van der Waals surface area contributed by atoms with Gasteiger partial charge < -0.3 is 4.90 Å². The first-order chi connectivity index (χ1) is 9.34. The van der Waals surface area contributed by atoms with Gasteiger partial charge in [-0.2, -0.15) is 0 Å². The molecule has 4 nitrogen and oxygen atoms in total. The largest absolute Gasteiger partial charge is 0.343 e. The minimum Gasteiger partial charge on any atom is -0.343 e. The van der Waals surface area contributed by atoms with Gasteiger partial charge in [-0.15, -0.1) is 0 Å². The molecule has 0 unspecified atom stereocenters. The predicted molar refractivity (Wildman–Crippen MR) is 80.2 cm³/mol. The summed E-state index contributed by atoms with van der Waals surface area (Å²) >= 11 is 0. The molecule has 2 fully saturated rings. The number of amides is 1. The molecule has 20 heavy (non-hydrogen) atoms. The molecule has 2 rings (SSSR count). The molecule has 0 spiro atoms. The zero-order valence-electron chi connectivity index (χ0n) is 12.7. The second-order valence-corrected chi connectivity index (χ2v) is 8.97. The van der Waals surface area contributed by atoms with E-state index >= 15 is 0 Å². The molecule has 1 aliphatic carbocycles. The van der Waals surface area contributed by atoms with Crippen LogP contribution in [-0.4, -0.2) is 44.3 Å². The van der Waals surface area contributed by atoms with Crippen LogP contribution in [0.1, 0.15) is 51.9 Å². The molecule has 2 aliphatic rings. The fraction of sp³-hybridized carbons (Fsp3) is 0.933. The first-order valence-corrected chi connectivity index (χ1v) is 9.85. The van der Waals surface area contributed by atoms with E-state index in [1.807, 2.05) is 4.90 Å². The molecule has 0 aromatic carbocycles. The number of sulfone groups is 1. The molecular weight excluding hydrogens is 274 g/mol. The Kier molecular flexibility index (Phi) is 4.77. The molecule has 0 radical (unpaired) electrons. The highest BCUT2D eigenvalue weighted by atomic mass is 32.2. The molecule has 0 aromatic heterocycles. The van der Waals surface area contributed by atoms with Crippen molar-refractivity contribution in [1.82, 2.24) is 4.90 Å². The second kappa shape index (κ2) is 6.04. The maximum atomic E-state index is 12.4. The number of carbonyl (C=O) groups excluding carboxylic acids is 1. The van der Waals surface area contributed by atoms with E-state index in [1.165, 1.54) is 19.1 Å². The number of carbonyl (C=O) groups is 1. The van der Waals surface area contributed by atoms with Crippen LogP contribution in [0.3, 0.4) is 0 Å². The second-order valence-electron chi connectivity index (χ2n) is 6.83. The smallest absolute Gasteiger partial charge is 0.223 e. The van der Waals surface area contributed by atoms with E-state index < -0.39 is 9.84 Å². The van der Waals surface area contributed by atoms with E-state index in [2.05, 4.69) is 6.92 Å². The van der Waals surface area contributed by atoms with Gasteiger partial charge in [0.25, 0.3) is 0 Å². The minimum absolute atomic E-state index is 0.169. The molecule has 0 N–H and O–H groups in total. The van der Waals surface area contributed by atoms with Crippen molar-refractivity contribution < 1.29 is 13.2 Å². The van der Waals surface area contributed by atoms with E-state index in [0.717, 1.165) is 44.7 Å². The number of rotatable bonds is 5. The Bertz CT molecular complexity index is 454. The Morgan fingerprint density at radius 3 is 2.50 bits per heavy atom. The highest BCUT2D eigenvalue weighted by molar-refractivity contribution is 7.90. The van der Waals surface area contributed by atoms with Gasteiger partial charge in [-0.3, -0.25) is 4.79 Å². The van der Waals surface area contributed by atoms with Gasteiger partial charge in [0.15, 0.2) is 0 Å². The van der Waals surface area contributed by atoms with Crippen molar-refractivity contribution in [1.29, 1.82) is 0 Å². The van der Waals surface area contributed by atoms with Crippen molar-refractivity contribution in [2.75, 3.05) is 25.1 Å². The lowest BCUT2D eigenvalue weighted by Gasteiger charge is -2.23. The first-order valence-electron chi connectivity index (χ1n) is 7.79. The normalized spacial score (nSPS) is 26.1. The molecule has 1 atom stereocenters. The lowest BCUT2D eigenvalue weighted by atomic mass is 9.98. The van der Waals surface area contributed by atoms with E-state index in [0.29, 0.717) is 6.42 Å². The molecule has 5 heteroatoms. The van der Waals surface area contributed by atoms with Gasteiger partial charge in [-0.25, -0.2) is 8.42 Å². The van der Waals surface area contributed by atoms with Gasteiger partial charge in [0, 0.05) is 25.8 Å². The number of nitrogens with zero attached hydrogens (tertiary/aromatic N) is 1. The summed E-state index contributed by atoms with van der Waals surface area (Å²) in [6.45, 7) is 3.92. The van der Waals surface area contributed by atoms with Gasteiger partial charge in [-0.05, 0) is 43.4 Å². The zero-order valence-corrected chi connectivity index (χ0v) is 13.5. The van der Waals surface area contributed by atoms with Crippen molar-refractivity contribution in [2.45, 2.75) is 51.9 Å². The van der Waals surface area contributed by atoms with E-state index in [1.54, 1.807) is 0 Å². The average molecular weight is 301 g/mol. The van der Waals surface area contributed by atoms with Crippen molar-refractivity contribution >= 4 is 15.7 Å². The van der Waals surface area contributed by atoms with Gasteiger partial charge in [-0.1, -0.05) is 13.3 Å². The molecule has 0 bridgehead atoms. The van der Waals surface area contributed by atoms with Gasteiger partial charge >= 0.3 is 0 Å². The van der Waals surface area contributed by atoms with Crippen molar-refractivity contribution in [3.05, 3.63) is 0 Å². The van der Waals surface area contributed by atoms with Crippen molar-refractivity contribution in [2.24, 2.45) is 11.3 Å². The number of likely N-dealkylation sites (tertiary alicyclic amines) is 1. The Balaban J connectivity index is 1.89. The number of hydrogen-bond donors (Lipinski definition) is 0. The predicted octanol–water partition coefficient (Wildman–Crippen LogP) is 2.24. The summed E-state index contributed by atoms with van der Waals surface area (Å²) in [6, 6.07) is 0. The maximum Gasteiger partial charge on any atom is 0.223 e. The Morgan fingerprint density at radius 2 is 1.95 bits per heavy atom. The van der Waals surface area contributed by atoms with Crippen LogP contribution in [0.5, 0.6) is 0 Å². The Morgan fingerprint density at radius 1 is 1.25 bits per heavy atom. The summed E-state index contributed by atoms with van der Waals surface area (Å²) in [5, 5.41) is 0. The van der Waals surface area contributed by atoms with Crippen LogP contribution in [0.2, 0.25) is 0 Å². The third-order valence-electron chi connectivity index (χ3n) is 4.83. The van der Waals surface area contributed by atoms with Crippen molar-refractivity contribution in [3.8, 4) is 0 Å². The van der Waals surface area contributed by atoms with E-state index in [4.69, 9.17) is 0 Å². The third-order valence-corrected chi connectivity index (χ3v) is 5.97. The lowest BCUT2D eigenvalue weighted by molar-refractivity contribution is -0.132. The molecule has 0 aromatic rings. The number of hydrogen-bond acceptors (Lipinski definition) is 3. The SMILES string of the molecule is CC[C@@H]1CCCN(C(=O)CC2(CS(C)(=O)=O)CC2)CC1. The van der Waals surface area contributed by atoms with Crippen LogP contribution in [0.15, 0.2) is 0 Å². The minimum atomic E-state index is -2.99. The molecule has 1 heterocycles. The van der Waals surface area contributed by atoms with Crippen LogP contribution in [0.4, 0.5) is 0 Å². The average Bonchev–Trinajstić information content (AvgIpc) is 3.10. The maximum absolute atomic E-state index is 12.4. The van der Waals surface area contributed by atoms with Crippen LogP contribution < -0.4 is 0 Å². The standard InChI is InChI=1S/C15H27NO3S/c1-3-13-5-4-9-16(10-6-13)14(17)11-15(7-8-15)12-20(2,18)19/h13H,3-12H2,1-2H3/t13-/m1/s1. The van der Waals surface area contributed by atoms with Crippen LogP contribution in [0, 0.1) is 11.3 Å². The summed E-state index contributed by atoms with van der Waals surface area (Å²) in [6.07, 6.45) is 8.07. The summed E-state index contributed by atoms with van der Waals surface area (Å²) in [5.74, 6) is 1.10. The van der Waals surface area contributed by atoms with Gasteiger partial charge in [0.1, 0.15) is 9.84 Å². The van der Waals surface area contributed by atoms with Crippen molar-refractivity contribution in [3.63, 3.8) is 0 Å². The quantitative estimate of drug-likeness (QED) is 0.782. The molecule has 1 amide bonds. The fourth-order valence-corrected chi connectivity index (χ4v) is 4.86. The zero-order chi connectivity index (χ0) is 14.8. The van der Waals surface area contributed by atoms with E-state index in [-0.39, 0.29) is 17.1 Å². The molecule has 1 saturated carbocycles. The Labute approximate surface area is 122 Å². The first kappa shape index (κ1) is 15.8. The summed E-state index contributed by atoms with van der Waals surface area (Å²) in [4.78, 5) is 14.4. The summed E-state index contributed by atoms with van der Waals surface area (Å²) in [5.41, 5.74) is -0.235. The monoisotopic (exact) mass is 301 g/mol. The molecule has 1 aliphatic heterocycles. The van der Waals surface area contributed by atoms with E-state index in [9.17, 15) is 13.2 Å². The highest BCUT2D eigenvalue weighted by Gasteiger charge is 2.47. The van der Waals surface area contributed by atoms with Crippen LogP contribution >= 0.6 is 0 Å². The summed E-state index contributed by atoms with van der Waals surface area (Å²) < 4.78 is 22.9. The van der Waals surface area contributed by atoms with Crippen LogP contribution in [-0.2, 0) is 14.6 Å².